The monoisotopic (exact) mass is 300 g/mol. The van der Waals surface area contributed by atoms with Gasteiger partial charge in [0.1, 0.15) is 5.76 Å². The predicted molar refractivity (Wildman–Crippen MR) is 81.3 cm³/mol. The fraction of sp³-hybridized carbons (Fsp3) is 0.438. The number of pyridine rings is 1. The Kier molecular flexibility index (Phi) is 4.20. The lowest BCUT2D eigenvalue weighted by atomic mass is 9.95. The van der Waals surface area contributed by atoms with Gasteiger partial charge < -0.3 is 9.73 Å². The van der Waals surface area contributed by atoms with Gasteiger partial charge in [-0.3, -0.25) is 14.7 Å². The lowest BCUT2D eigenvalue weighted by Crippen LogP contribution is -2.32. The fourth-order valence-corrected chi connectivity index (χ4v) is 3.15. The summed E-state index contributed by atoms with van der Waals surface area (Å²) in [6, 6.07) is 4.33. The zero-order valence-electron chi connectivity index (χ0n) is 12.8. The molecule has 22 heavy (non-hydrogen) atoms. The van der Waals surface area contributed by atoms with Crippen molar-refractivity contribution >= 4 is 5.91 Å². The number of likely N-dealkylation sites (tertiary alicyclic amines) is 1. The van der Waals surface area contributed by atoms with Crippen LogP contribution in [0.5, 0.6) is 0 Å². The van der Waals surface area contributed by atoms with Gasteiger partial charge in [-0.25, -0.2) is 4.98 Å². The molecule has 1 aliphatic rings. The Morgan fingerprint density at radius 1 is 1.55 bits per heavy atom. The van der Waals surface area contributed by atoms with Crippen molar-refractivity contribution in [3.05, 3.63) is 47.9 Å². The third kappa shape index (κ3) is 2.87. The van der Waals surface area contributed by atoms with Gasteiger partial charge in [-0.15, -0.1) is 0 Å². The maximum atomic E-state index is 12.1. The number of amides is 1. The highest BCUT2D eigenvalue weighted by Gasteiger charge is 2.33. The largest absolute Gasteiger partial charge is 0.448 e. The number of aryl methyl sites for hydroxylation is 1. The maximum Gasteiger partial charge on any atom is 0.273 e. The van der Waals surface area contributed by atoms with Crippen LogP contribution in [0.1, 0.15) is 34.3 Å². The van der Waals surface area contributed by atoms with Crippen LogP contribution in [0.4, 0.5) is 0 Å². The summed E-state index contributed by atoms with van der Waals surface area (Å²) in [5.74, 6) is 0.737. The third-order valence-corrected chi connectivity index (χ3v) is 4.28. The van der Waals surface area contributed by atoms with Crippen LogP contribution in [0, 0.1) is 12.8 Å². The zero-order chi connectivity index (χ0) is 15.5. The summed E-state index contributed by atoms with van der Waals surface area (Å²) in [5, 5.41) is 2.98. The average molecular weight is 300 g/mol. The van der Waals surface area contributed by atoms with Gasteiger partial charge in [0, 0.05) is 25.0 Å². The van der Waals surface area contributed by atoms with E-state index in [0.29, 0.717) is 23.9 Å². The minimum absolute atomic E-state index is 0.175. The topological polar surface area (TPSA) is 71.3 Å². The molecular formula is C16H20N4O2. The molecular weight excluding hydrogens is 280 g/mol. The van der Waals surface area contributed by atoms with Gasteiger partial charge in [0.2, 0.25) is 0 Å². The van der Waals surface area contributed by atoms with Crippen LogP contribution < -0.4 is 5.32 Å². The Hall–Kier alpha value is -2.21. The summed E-state index contributed by atoms with van der Waals surface area (Å²) < 4.78 is 5.08. The molecule has 1 fully saturated rings. The second-order valence-corrected chi connectivity index (χ2v) is 5.73. The van der Waals surface area contributed by atoms with Crippen LogP contribution in [-0.4, -0.2) is 40.9 Å². The van der Waals surface area contributed by atoms with Crippen molar-refractivity contribution in [2.45, 2.75) is 19.4 Å². The first-order valence-electron chi connectivity index (χ1n) is 7.45. The Labute approximate surface area is 129 Å². The highest BCUT2D eigenvalue weighted by Crippen LogP contribution is 2.35. The summed E-state index contributed by atoms with van der Waals surface area (Å²) in [4.78, 5) is 22.6. The van der Waals surface area contributed by atoms with E-state index in [-0.39, 0.29) is 11.9 Å². The smallest absolute Gasteiger partial charge is 0.273 e. The average Bonchev–Trinajstić information content (AvgIpc) is 3.11. The summed E-state index contributed by atoms with van der Waals surface area (Å²) in [6.45, 7) is 3.38. The van der Waals surface area contributed by atoms with Crippen LogP contribution in [0.3, 0.4) is 0 Å². The lowest BCUT2D eigenvalue weighted by Gasteiger charge is -2.25. The van der Waals surface area contributed by atoms with Crippen molar-refractivity contribution in [1.29, 1.82) is 0 Å². The van der Waals surface area contributed by atoms with Gasteiger partial charge in [0.25, 0.3) is 5.91 Å². The molecule has 1 saturated heterocycles. The molecule has 0 spiro atoms. The molecule has 6 heteroatoms. The Morgan fingerprint density at radius 3 is 3.09 bits per heavy atom. The Balaban J connectivity index is 1.67. The minimum atomic E-state index is -0.175. The van der Waals surface area contributed by atoms with E-state index in [2.05, 4.69) is 33.3 Å². The van der Waals surface area contributed by atoms with Crippen molar-refractivity contribution in [3.8, 4) is 0 Å². The van der Waals surface area contributed by atoms with Crippen LogP contribution in [0.15, 0.2) is 35.3 Å². The summed E-state index contributed by atoms with van der Waals surface area (Å²) >= 11 is 0. The van der Waals surface area contributed by atoms with Crippen molar-refractivity contribution in [2.75, 3.05) is 20.1 Å². The van der Waals surface area contributed by atoms with Gasteiger partial charge in [-0.05, 0) is 44.5 Å². The van der Waals surface area contributed by atoms with E-state index in [1.807, 2.05) is 12.3 Å². The van der Waals surface area contributed by atoms with Gasteiger partial charge in [-0.2, -0.15) is 0 Å². The molecule has 2 aromatic heterocycles. The molecule has 1 N–H and O–H groups in total. The molecule has 2 aromatic rings. The van der Waals surface area contributed by atoms with E-state index in [9.17, 15) is 4.79 Å². The van der Waals surface area contributed by atoms with Gasteiger partial charge >= 0.3 is 0 Å². The minimum Gasteiger partial charge on any atom is -0.448 e. The quantitative estimate of drug-likeness (QED) is 0.932. The molecule has 2 atom stereocenters. The molecule has 0 aliphatic carbocycles. The Morgan fingerprint density at radius 2 is 2.41 bits per heavy atom. The number of hydrogen-bond donors (Lipinski definition) is 1. The standard InChI is InChI=1S/C16H20N4O2/c1-11-14(19-10-22-11)16(21)18-9-13-5-7-20(2)15(13)12-4-3-6-17-8-12/h3-4,6,8,10,13,15H,5,7,9H2,1-2H3,(H,18,21)/t13-,15-/m0/s1. The molecule has 0 unspecified atom stereocenters. The van der Waals surface area contributed by atoms with E-state index < -0.39 is 0 Å². The fourth-order valence-electron chi connectivity index (χ4n) is 3.15. The van der Waals surface area contributed by atoms with E-state index in [0.717, 1.165) is 13.0 Å². The second kappa shape index (κ2) is 6.27. The molecule has 116 valence electrons. The molecule has 0 radical (unpaired) electrons. The van der Waals surface area contributed by atoms with Crippen molar-refractivity contribution < 1.29 is 9.21 Å². The highest BCUT2D eigenvalue weighted by atomic mass is 16.3. The number of carbonyl (C=O) groups is 1. The first-order chi connectivity index (χ1) is 10.7. The number of hydrogen-bond acceptors (Lipinski definition) is 5. The molecule has 1 amide bonds. The normalized spacial score (nSPS) is 21.9. The second-order valence-electron chi connectivity index (χ2n) is 5.73. The molecule has 0 saturated carbocycles. The molecule has 0 bridgehead atoms. The number of nitrogens with one attached hydrogen (secondary N) is 1. The molecule has 0 aromatic carbocycles. The van der Waals surface area contributed by atoms with Crippen molar-refractivity contribution in [2.24, 2.45) is 5.92 Å². The first-order valence-corrected chi connectivity index (χ1v) is 7.45. The SMILES string of the molecule is Cc1ocnc1C(=O)NC[C@@H]1CCN(C)[C@H]1c1cccnc1. The van der Waals surface area contributed by atoms with Crippen LogP contribution >= 0.6 is 0 Å². The summed E-state index contributed by atoms with van der Waals surface area (Å²) in [5.41, 5.74) is 1.56. The first kappa shape index (κ1) is 14.7. The number of nitrogens with zero attached hydrogens (tertiary/aromatic N) is 3. The van der Waals surface area contributed by atoms with Crippen molar-refractivity contribution in [1.82, 2.24) is 20.2 Å². The summed E-state index contributed by atoms with van der Waals surface area (Å²) in [7, 11) is 2.11. The molecule has 1 aliphatic heterocycles. The Bertz CT molecular complexity index is 641. The lowest BCUT2D eigenvalue weighted by molar-refractivity contribution is 0.0937. The number of oxazole rings is 1. The van der Waals surface area contributed by atoms with E-state index in [4.69, 9.17) is 4.42 Å². The molecule has 3 heterocycles. The molecule has 6 nitrogen and oxygen atoms in total. The predicted octanol–water partition coefficient (Wildman–Crippen LogP) is 1.80. The zero-order valence-corrected chi connectivity index (χ0v) is 12.8. The number of aromatic nitrogens is 2. The van der Waals surface area contributed by atoms with Gasteiger partial charge in [0.15, 0.2) is 12.1 Å². The number of carbonyl (C=O) groups excluding carboxylic acids is 1. The van der Waals surface area contributed by atoms with Gasteiger partial charge in [0.05, 0.1) is 0 Å². The van der Waals surface area contributed by atoms with Crippen LogP contribution in [0.2, 0.25) is 0 Å². The highest BCUT2D eigenvalue weighted by molar-refractivity contribution is 5.93. The van der Waals surface area contributed by atoms with Crippen LogP contribution in [0.25, 0.3) is 0 Å². The number of rotatable bonds is 4. The van der Waals surface area contributed by atoms with E-state index in [1.54, 1.807) is 13.1 Å². The summed E-state index contributed by atoms with van der Waals surface area (Å²) in [6.07, 6.45) is 6.03. The molecule has 3 rings (SSSR count). The maximum absolute atomic E-state index is 12.1. The third-order valence-electron chi connectivity index (χ3n) is 4.28. The van der Waals surface area contributed by atoms with E-state index in [1.165, 1.54) is 12.0 Å². The van der Waals surface area contributed by atoms with Crippen LogP contribution in [-0.2, 0) is 0 Å². The van der Waals surface area contributed by atoms with E-state index >= 15 is 0 Å². The van der Waals surface area contributed by atoms with Crippen molar-refractivity contribution in [3.63, 3.8) is 0 Å². The van der Waals surface area contributed by atoms with Gasteiger partial charge in [-0.1, -0.05) is 6.07 Å².